The topological polar surface area (TPSA) is 69.6 Å². The van der Waals surface area contributed by atoms with Crippen molar-refractivity contribution >= 4 is 27.0 Å². The van der Waals surface area contributed by atoms with E-state index in [0.717, 1.165) is 32.4 Å². The predicted octanol–water partition coefficient (Wildman–Crippen LogP) is 3.54. The van der Waals surface area contributed by atoms with Gasteiger partial charge < -0.3 is 4.42 Å². The molecule has 0 atom stereocenters. The van der Waals surface area contributed by atoms with Crippen molar-refractivity contribution in [3.63, 3.8) is 0 Å². The van der Waals surface area contributed by atoms with Gasteiger partial charge in [0, 0.05) is 16.9 Å². The van der Waals surface area contributed by atoms with Crippen molar-refractivity contribution in [1.29, 1.82) is 0 Å². The van der Waals surface area contributed by atoms with Crippen molar-refractivity contribution in [1.82, 2.24) is 24.7 Å². The molecule has 3 heterocycles. The van der Waals surface area contributed by atoms with E-state index in [4.69, 9.17) is 4.42 Å². The molecule has 22 heavy (non-hydrogen) atoms. The zero-order valence-electron chi connectivity index (χ0n) is 11.6. The fraction of sp³-hybridized carbons (Fsp3) is 0.0667. The molecule has 0 N–H and O–H groups in total. The van der Waals surface area contributed by atoms with E-state index in [1.165, 1.54) is 0 Å². The molecule has 0 aliphatic heterocycles. The van der Waals surface area contributed by atoms with Crippen LogP contribution in [0.2, 0.25) is 0 Å². The smallest absolute Gasteiger partial charge is 0.228 e. The minimum Gasteiger partial charge on any atom is -0.436 e. The standard InChI is InChI=1S/C15H10BrN5O/c1-9-2-12(21-7-18-19-8-21)4-13-14(9)22-15(20-13)10-3-11(16)6-17-5-10/h2-8H,1H3. The van der Waals surface area contributed by atoms with Gasteiger partial charge in [0.1, 0.15) is 18.2 Å². The summed E-state index contributed by atoms with van der Waals surface area (Å²) in [4.78, 5) is 8.72. The minimum absolute atomic E-state index is 0.549. The molecule has 0 aliphatic carbocycles. The van der Waals surface area contributed by atoms with Crippen molar-refractivity contribution in [2.24, 2.45) is 0 Å². The average Bonchev–Trinajstić information content (AvgIpc) is 3.16. The Kier molecular flexibility index (Phi) is 3.00. The molecule has 4 rings (SSSR count). The van der Waals surface area contributed by atoms with Crippen molar-refractivity contribution in [2.75, 3.05) is 0 Å². The second-order valence-electron chi connectivity index (χ2n) is 4.89. The number of benzene rings is 1. The molecule has 0 fully saturated rings. The summed E-state index contributed by atoms with van der Waals surface area (Å²) in [6, 6.07) is 5.89. The van der Waals surface area contributed by atoms with Gasteiger partial charge in [0.2, 0.25) is 5.89 Å². The summed E-state index contributed by atoms with van der Waals surface area (Å²) >= 11 is 3.41. The van der Waals surface area contributed by atoms with Crippen molar-refractivity contribution in [2.45, 2.75) is 6.92 Å². The molecule has 0 saturated heterocycles. The van der Waals surface area contributed by atoms with Crippen LogP contribution in [0.15, 0.2) is 52.1 Å². The lowest BCUT2D eigenvalue weighted by Gasteiger charge is -2.02. The lowest BCUT2D eigenvalue weighted by atomic mass is 10.2. The second kappa shape index (κ2) is 5.03. The molecule has 0 spiro atoms. The molecule has 6 nitrogen and oxygen atoms in total. The molecule has 0 radical (unpaired) electrons. The highest BCUT2D eigenvalue weighted by Crippen LogP contribution is 2.29. The summed E-state index contributed by atoms with van der Waals surface area (Å²) in [5.74, 6) is 0.549. The van der Waals surface area contributed by atoms with Crippen molar-refractivity contribution < 1.29 is 4.42 Å². The van der Waals surface area contributed by atoms with Crippen LogP contribution in [0.4, 0.5) is 0 Å². The van der Waals surface area contributed by atoms with Gasteiger partial charge in [-0.1, -0.05) is 0 Å². The van der Waals surface area contributed by atoms with Crippen LogP contribution in [0.25, 0.3) is 28.2 Å². The first-order valence-electron chi connectivity index (χ1n) is 6.58. The van der Waals surface area contributed by atoms with Crippen LogP contribution in [-0.2, 0) is 0 Å². The molecule has 0 amide bonds. The van der Waals surface area contributed by atoms with Gasteiger partial charge >= 0.3 is 0 Å². The molecule has 1 aromatic carbocycles. The number of rotatable bonds is 2. The molecule has 108 valence electrons. The normalized spacial score (nSPS) is 11.2. The Morgan fingerprint density at radius 3 is 2.68 bits per heavy atom. The Labute approximate surface area is 134 Å². The highest BCUT2D eigenvalue weighted by atomic mass is 79.9. The summed E-state index contributed by atoms with van der Waals surface area (Å²) in [6.07, 6.45) is 6.76. The van der Waals surface area contributed by atoms with Gasteiger partial charge in [-0.3, -0.25) is 9.55 Å². The molecule has 0 saturated carbocycles. The molecule has 4 aromatic rings. The highest BCUT2D eigenvalue weighted by molar-refractivity contribution is 9.10. The van der Waals surface area contributed by atoms with Gasteiger partial charge in [-0.2, -0.15) is 0 Å². The van der Waals surface area contributed by atoms with Crippen LogP contribution in [0.3, 0.4) is 0 Å². The van der Waals surface area contributed by atoms with Crippen LogP contribution < -0.4 is 0 Å². The van der Waals surface area contributed by atoms with Crippen molar-refractivity contribution in [3.05, 3.63) is 53.3 Å². The van der Waals surface area contributed by atoms with E-state index in [1.54, 1.807) is 25.0 Å². The van der Waals surface area contributed by atoms with Gasteiger partial charge in [-0.25, -0.2) is 4.98 Å². The average molecular weight is 356 g/mol. The largest absolute Gasteiger partial charge is 0.436 e. The zero-order valence-corrected chi connectivity index (χ0v) is 13.1. The van der Waals surface area contributed by atoms with E-state index in [-0.39, 0.29) is 0 Å². The highest BCUT2D eigenvalue weighted by Gasteiger charge is 2.12. The number of aryl methyl sites for hydroxylation is 1. The number of oxazole rings is 1. The van der Waals surface area contributed by atoms with Gasteiger partial charge in [0.25, 0.3) is 0 Å². The summed E-state index contributed by atoms with van der Waals surface area (Å²) in [6.45, 7) is 1.99. The Morgan fingerprint density at radius 1 is 1.09 bits per heavy atom. The molecular formula is C15H10BrN5O. The first-order valence-corrected chi connectivity index (χ1v) is 7.37. The number of hydrogen-bond acceptors (Lipinski definition) is 5. The third kappa shape index (κ3) is 2.19. The Balaban J connectivity index is 1.89. The van der Waals surface area contributed by atoms with Crippen LogP contribution in [0.5, 0.6) is 0 Å². The van der Waals surface area contributed by atoms with E-state index < -0.39 is 0 Å². The van der Waals surface area contributed by atoms with Crippen LogP contribution in [0, 0.1) is 6.92 Å². The predicted molar refractivity (Wildman–Crippen MR) is 84.6 cm³/mol. The van der Waals surface area contributed by atoms with E-state index in [0.29, 0.717) is 5.89 Å². The van der Waals surface area contributed by atoms with E-state index in [2.05, 4.69) is 36.1 Å². The number of fused-ring (bicyclic) bond motifs is 1. The van der Waals surface area contributed by atoms with Crippen LogP contribution in [-0.4, -0.2) is 24.7 Å². The monoisotopic (exact) mass is 355 g/mol. The lowest BCUT2D eigenvalue weighted by molar-refractivity contribution is 0.617. The maximum absolute atomic E-state index is 5.90. The third-order valence-corrected chi connectivity index (χ3v) is 3.76. The minimum atomic E-state index is 0.549. The molecule has 0 bridgehead atoms. The maximum Gasteiger partial charge on any atom is 0.228 e. The quantitative estimate of drug-likeness (QED) is 0.549. The summed E-state index contributed by atoms with van der Waals surface area (Å²) in [5.41, 5.74) is 4.34. The van der Waals surface area contributed by atoms with Gasteiger partial charge in [0.15, 0.2) is 5.58 Å². The molecular weight excluding hydrogens is 346 g/mol. The Bertz CT molecular complexity index is 961. The number of aromatic nitrogens is 5. The summed E-state index contributed by atoms with van der Waals surface area (Å²) in [7, 11) is 0. The Morgan fingerprint density at radius 2 is 1.91 bits per heavy atom. The van der Waals surface area contributed by atoms with Crippen LogP contribution >= 0.6 is 15.9 Å². The van der Waals surface area contributed by atoms with Gasteiger partial charge in [0.05, 0.1) is 11.3 Å². The fourth-order valence-electron chi connectivity index (χ4n) is 2.32. The summed E-state index contributed by atoms with van der Waals surface area (Å²) in [5, 5.41) is 7.65. The van der Waals surface area contributed by atoms with E-state index in [9.17, 15) is 0 Å². The number of halogens is 1. The molecule has 3 aromatic heterocycles. The second-order valence-corrected chi connectivity index (χ2v) is 5.81. The molecule has 7 heteroatoms. The van der Waals surface area contributed by atoms with Gasteiger partial charge in [-0.05, 0) is 46.6 Å². The van der Waals surface area contributed by atoms with E-state index >= 15 is 0 Å². The lowest BCUT2D eigenvalue weighted by Crippen LogP contribution is -1.91. The fourth-order valence-corrected chi connectivity index (χ4v) is 2.68. The number of pyridine rings is 1. The zero-order chi connectivity index (χ0) is 15.1. The van der Waals surface area contributed by atoms with E-state index in [1.807, 2.05) is 29.7 Å². The van der Waals surface area contributed by atoms with Crippen LogP contribution in [0.1, 0.15) is 5.56 Å². The summed E-state index contributed by atoms with van der Waals surface area (Å²) < 4.78 is 8.62. The molecule has 0 unspecified atom stereocenters. The number of hydrogen-bond donors (Lipinski definition) is 0. The Hall–Kier alpha value is -2.54. The SMILES string of the molecule is Cc1cc(-n2cnnc2)cc2nc(-c3cncc(Br)c3)oc12. The third-order valence-electron chi connectivity index (χ3n) is 3.33. The maximum atomic E-state index is 5.90. The molecule has 0 aliphatic rings. The number of nitrogens with zero attached hydrogens (tertiary/aromatic N) is 5. The first-order chi connectivity index (χ1) is 10.7. The first kappa shape index (κ1) is 13.1. The van der Waals surface area contributed by atoms with Gasteiger partial charge in [-0.15, -0.1) is 10.2 Å². The van der Waals surface area contributed by atoms with Crippen molar-refractivity contribution in [3.8, 4) is 17.1 Å².